The Morgan fingerprint density at radius 3 is 2.03 bits per heavy atom. The number of guanidine groups is 1. The van der Waals surface area contributed by atoms with Crippen molar-refractivity contribution in [1.29, 1.82) is 0 Å². The van der Waals surface area contributed by atoms with E-state index >= 15 is 0 Å². The van der Waals surface area contributed by atoms with Gasteiger partial charge in [0.05, 0.1) is 19.2 Å². The number of hydrogen-bond donors (Lipinski definition) is 11. The Kier molecular flexibility index (Phi) is 28.1. The van der Waals surface area contributed by atoms with Crippen LogP contribution < -0.4 is 53.6 Å². The van der Waals surface area contributed by atoms with Gasteiger partial charge in [0.2, 0.25) is 47.3 Å². The Bertz CT molecular complexity index is 1750. The summed E-state index contributed by atoms with van der Waals surface area (Å²) < 4.78 is 0. The number of rotatable bonds is 25. The van der Waals surface area contributed by atoms with Crippen molar-refractivity contribution in [2.45, 2.75) is 166 Å². The van der Waals surface area contributed by atoms with Crippen LogP contribution in [0.3, 0.4) is 0 Å². The fourth-order valence-corrected chi connectivity index (χ4v) is 8.75. The highest BCUT2D eigenvalue weighted by atomic mass is 32.2. The van der Waals surface area contributed by atoms with Gasteiger partial charge in [0.1, 0.15) is 23.7 Å². The number of thioether (sulfide) groups is 1. The summed E-state index contributed by atoms with van der Waals surface area (Å²) in [6.07, 6.45) is 12.9. The Morgan fingerprint density at radius 2 is 1.44 bits per heavy atom. The lowest BCUT2D eigenvalue weighted by atomic mass is 9.83. The zero-order valence-electron chi connectivity index (χ0n) is 40.7. The summed E-state index contributed by atoms with van der Waals surface area (Å²) in [5.41, 5.74) is 3.30. The number of unbranched alkanes of at least 4 members (excludes halogenated alkanes) is 11. The third-order valence-corrected chi connectivity index (χ3v) is 12.8. The Hall–Kier alpha value is -5.25. The van der Waals surface area contributed by atoms with Gasteiger partial charge < -0.3 is 58.7 Å². The predicted octanol–water partition coefficient (Wildman–Crippen LogP) is 0.400. The van der Waals surface area contributed by atoms with E-state index in [0.717, 1.165) is 56.4 Å². The van der Waals surface area contributed by atoms with E-state index in [9.17, 15) is 48.3 Å². The van der Waals surface area contributed by atoms with Gasteiger partial charge in [0.15, 0.2) is 11.7 Å². The lowest BCUT2D eigenvalue weighted by Gasteiger charge is -2.36. The highest BCUT2D eigenvalue weighted by Crippen LogP contribution is 2.28. The van der Waals surface area contributed by atoms with Gasteiger partial charge in [0.25, 0.3) is 0 Å². The van der Waals surface area contributed by atoms with Gasteiger partial charge in [-0.1, -0.05) is 78.1 Å². The average Bonchev–Trinajstić information content (AvgIpc) is 3.30. The minimum Gasteiger partial charge on any atom is -0.394 e. The number of aliphatic hydroxyl groups excluding tert-OH is 1. The molecule has 0 radical (unpaired) electrons. The Morgan fingerprint density at radius 1 is 0.824 bits per heavy atom. The molecule has 0 aromatic carbocycles. The van der Waals surface area contributed by atoms with Crippen LogP contribution in [0.5, 0.6) is 0 Å². The third kappa shape index (κ3) is 22.7. The van der Waals surface area contributed by atoms with Crippen LogP contribution in [0.2, 0.25) is 0 Å². The number of amides is 8. The number of aliphatic imine (C=N–C) groups is 1. The lowest BCUT2D eigenvalue weighted by molar-refractivity contribution is -0.138. The van der Waals surface area contributed by atoms with Crippen molar-refractivity contribution < 1.29 is 48.3 Å². The molecule has 0 aromatic rings. The van der Waals surface area contributed by atoms with E-state index in [2.05, 4.69) is 52.8 Å². The first-order chi connectivity index (χ1) is 32.4. The molecule has 2 aliphatic rings. The highest BCUT2D eigenvalue weighted by molar-refractivity contribution is 8.02. The van der Waals surface area contributed by atoms with Gasteiger partial charge >= 0.3 is 0 Å². The summed E-state index contributed by atoms with van der Waals surface area (Å²) >= 11 is 0.938. The summed E-state index contributed by atoms with van der Waals surface area (Å²) in [6.45, 7) is 4.68. The molecule has 0 saturated carbocycles. The second kappa shape index (κ2) is 32.5. The van der Waals surface area contributed by atoms with Crippen LogP contribution in [0.25, 0.3) is 0 Å². The second-order valence-electron chi connectivity index (χ2n) is 18.0. The standard InChI is InChI=1S/C46H79N11O10S/c1-30(2)24-34-41(64)52-27-39(62)57-46(29-68-23-22-50-42(65)35(28-58)55-43(66)33(56-44(46)67)19-20-37(47)60)26-32(40(63)54-34)25-36(59)31(3)53-38(61)18-16-14-12-10-8-6-7-9-11-13-15-17-21-51-45(48-4)49-5/h22-23,30-35,58H,6-21,24-29H2,1-5H3,(H2,47,60)(H,50,65)(H,52,64)(H,53,61)(H,54,63)(H,55,66)(H,56,67)(H,57,62)(H2,48,49,51)/b23-22-. The number of ketones is 1. The largest absolute Gasteiger partial charge is 0.394 e. The van der Waals surface area contributed by atoms with Gasteiger partial charge in [-0.3, -0.25) is 48.1 Å². The van der Waals surface area contributed by atoms with Crippen LogP contribution in [-0.4, -0.2) is 133 Å². The summed E-state index contributed by atoms with van der Waals surface area (Å²) in [7, 11) is 3.60. The van der Waals surface area contributed by atoms with Crippen molar-refractivity contribution in [2.24, 2.45) is 22.6 Å². The van der Waals surface area contributed by atoms with Crippen LogP contribution in [0, 0.1) is 11.8 Å². The first-order valence-electron chi connectivity index (χ1n) is 24.1. The molecule has 2 rings (SSSR count). The highest BCUT2D eigenvalue weighted by Gasteiger charge is 2.46. The molecule has 384 valence electrons. The van der Waals surface area contributed by atoms with Gasteiger partial charge in [-0.05, 0) is 50.4 Å². The molecular weight excluding hydrogens is 899 g/mol. The van der Waals surface area contributed by atoms with Crippen LogP contribution in [0.15, 0.2) is 16.6 Å². The lowest BCUT2D eigenvalue weighted by Crippen LogP contribution is -2.65. The van der Waals surface area contributed by atoms with E-state index in [0.29, 0.717) is 6.42 Å². The van der Waals surface area contributed by atoms with E-state index in [4.69, 9.17) is 5.73 Å². The molecule has 8 amide bonds. The molecule has 0 bridgehead atoms. The van der Waals surface area contributed by atoms with E-state index < -0.39 is 109 Å². The summed E-state index contributed by atoms with van der Waals surface area (Å²) in [6, 6.07) is -5.11. The number of carbonyl (C=O) groups is 9. The maximum absolute atomic E-state index is 14.6. The molecule has 2 aliphatic heterocycles. The SMILES string of the molecule is CN=C(NC)NCCCCCCCCCCCCCCC(=O)NC(C)C(=O)CC1CC2(CS/C=C\NC(=O)C(CO)NC(=O)C(CCC(N)=O)NC2=O)NC(=O)CNC(=O)C(CC(C)C)NC1=O. The number of carbonyl (C=O) groups excluding carboxylic acids is 9. The smallest absolute Gasteiger partial charge is 0.248 e. The second-order valence-corrected chi connectivity index (χ2v) is 18.9. The minimum atomic E-state index is -2.07. The zero-order chi connectivity index (χ0) is 50.5. The number of nitrogens with one attached hydrogen (secondary N) is 9. The van der Waals surface area contributed by atoms with Crippen molar-refractivity contribution in [3.05, 3.63) is 11.6 Å². The van der Waals surface area contributed by atoms with Gasteiger partial charge in [-0.2, -0.15) is 0 Å². The molecule has 0 aliphatic carbocycles. The summed E-state index contributed by atoms with van der Waals surface area (Å²) in [4.78, 5) is 125. The number of nitrogens with zero attached hydrogens (tertiary/aromatic N) is 1. The Labute approximate surface area is 405 Å². The van der Waals surface area contributed by atoms with Crippen LogP contribution >= 0.6 is 11.8 Å². The van der Waals surface area contributed by atoms with E-state index in [1.807, 2.05) is 20.9 Å². The molecule has 1 spiro atoms. The number of nitrogens with two attached hydrogens (primary N) is 1. The molecule has 1 saturated heterocycles. The molecule has 21 nitrogen and oxygen atoms in total. The number of aliphatic hydroxyl groups is 1. The first-order valence-corrected chi connectivity index (χ1v) is 25.2. The fraction of sp³-hybridized carbons (Fsp3) is 0.739. The van der Waals surface area contributed by atoms with Crippen molar-refractivity contribution in [3.63, 3.8) is 0 Å². The minimum absolute atomic E-state index is 0.0802. The van der Waals surface area contributed by atoms with Gasteiger partial charge in [-0.15, -0.1) is 11.8 Å². The van der Waals surface area contributed by atoms with Crippen LogP contribution in [0.4, 0.5) is 0 Å². The molecule has 1 fully saturated rings. The third-order valence-electron chi connectivity index (χ3n) is 11.8. The zero-order valence-corrected chi connectivity index (χ0v) is 41.5. The monoisotopic (exact) mass is 978 g/mol. The average molecular weight is 978 g/mol. The van der Waals surface area contributed by atoms with Gasteiger partial charge in [-0.25, -0.2) is 0 Å². The molecule has 22 heteroatoms. The fourth-order valence-electron chi connectivity index (χ4n) is 7.88. The molecule has 12 N–H and O–H groups in total. The number of primary amides is 1. The quantitative estimate of drug-likeness (QED) is 0.0336. The number of hydrogen-bond acceptors (Lipinski definition) is 12. The molecule has 2 heterocycles. The maximum Gasteiger partial charge on any atom is 0.248 e. The molecule has 6 atom stereocenters. The molecule has 0 aromatic heterocycles. The normalized spacial score (nSPS) is 23.1. The molecule has 68 heavy (non-hydrogen) atoms. The van der Waals surface area contributed by atoms with Gasteiger partial charge in [0, 0.05) is 57.8 Å². The van der Waals surface area contributed by atoms with Crippen LogP contribution in [0.1, 0.15) is 136 Å². The van der Waals surface area contributed by atoms with E-state index in [1.165, 1.54) is 57.1 Å². The summed E-state index contributed by atoms with van der Waals surface area (Å²) in [5, 5.41) is 35.5. The topological polar surface area (TPSA) is 321 Å². The van der Waals surface area contributed by atoms with Crippen molar-refractivity contribution >= 4 is 70.8 Å². The maximum atomic E-state index is 14.6. The molecular formula is C46H79N11O10S. The predicted molar refractivity (Wildman–Crippen MR) is 260 cm³/mol. The van der Waals surface area contributed by atoms with E-state index in [-0.39, 0.29) is 43.3 Å². The van der Waals surface area contributed by atoms with E-state index in [1.54, 1.807) is 7.05 Å². The molecule has 6 unspecified atom stereocenters. The summed E-state index contributed by atoms with van der Waals surface area (Å²) in [5.74, 6) is -7.63. The van der Waals surface area contributed by atoms with Crippen LogP contribution in [-0.2, 0) is 43.2 Å². The number of Topliss-reactive ketones (excluding diaryl/α,β-unsaturated/α-hetero) is 1. The first kappa shape index (κ1) is 58.9. The van der Waals surface area contributed by atoms with Crippen molar-refractivity contribution in [2.75, 3.05) is 39.5 Å². The van der Waals surface area contributed by atoms with Crippen molar-refractivity contribution in [3.8, 4) is 0 Å². The Balaban J connectivity index is 2.17. The van der Waals surface area contributed by atoms with Crippen molar-refractivity contribution in [1.82, 2.24) is 47.9 Å².